The van der Waals surface area contributed by atoms with Crippen molar-refractivity contribution in [1.82, 2.24) is 4.98 Å². The van der Waals surface area contributed by atoms with Gasteiger partial charge in [0, 0.05) is 18.1 Å². The van der Waals surface area contributed by atoms with Crippen molar-refractivity contribution in [2.24, 2.45) is 0 Å². The third-order valence-corrected chi connectivity index (χ3v) is 9.26. The topological polar surface area (TPSA) is 40.6 Å². The third kappa shape index (κ3) is 6.69. The first kappa shape index (κ1) is 27.1. The number of ether oxygens (including phenoxy) is 3. The average Bonchev–Trinajstić information content (AvgIpc) is 2.98. The fourth-order valence-corrected chi connectivity index (χ4v) is 6.75. The Morgan fingerprint density at radius 1 is 0.730 bits per heavy atom. The highest BCUT2D eigenvalue weighted by molar-refractivity contribution is 8.76. The molecule has 0 aliphatic heterocycles. The van der Waals surface area contributed by atoms with Crippen LogP contribution in [0.25, 0.3) is 0 Å². The molecule has 37 heavy (non-hydrogen) atoms. The van der Waals surface area contributed by atoms with Crippen molar-refractivity contribution in [2.75, 3.05) is 20.8 Å². The van der Waals surface area contributed by atoms with E-state index in [9.17, 15) is 0 Å². The zero-order valence-electron chi connectivity index (χ0n) is 21.5. The molecule has 4 rings (SSSR count). The Balaban J connectivity index is 1.65. The van der Waals surface area contributed by atoms with Crippen LogP contribution in [0.2, 0.25) is 0 Å². The molecule has 0 aliphatic carbocycles. The first-order valence-corrected chi connectivity index (χ1v) is 14.6. The molecule has 4 aromatic rings. The molecule has 0 radical (unpaired) electrons. The molecule has 0 N–H and O–H groups in total. The maximum absolute atomic E-state index is 7.00. The molecule has 1 aromatic heterocycles. The summed E-state index contributed by atoms with van der Waals surface area (Å²) in [4.78, 5) is 4.44. The zero-order chi connectivity index (χ0) is 25.9. The van der Waals surface area contributed by atoms with E-state index in [1.54, 1.807) is 25.0 Å². The van der Waals surface area contributed by atoms with Gasteiger partial charge in [0.2, 0.25) is 0 Å². The monoisotopic (exact) mass is 531 g/mol. The Kier molecular flexibility index (Phi) is 9.94. The molecular formula is C31H33NO3S2. The van der Waals surface area contributed by atoms with E-state index in [4.69, 9.17) is 14.2 Å². The quantitative estimate of drug-likeness (QED) is 0.129. The van der Waals surface area contributed by atoms with E-state index in [0.717, 1.165) is 46.1 Å². The standard InChI is InChI=1S/C31H33NO3S2/c1-4-29(36-37-30-12-8-9-22-32-30)21-23-35-31(24-10-6-5-7-11-24,25-13-17-27(33-2)18-14-25)26-15-19-28(34-3)20-16-26/h5-20,22,29H,4,21,23H2,1-3H3. The molecular weight excluding hydrogens is 498 g/mol. The van der Waals surface area contributed by atoms with E-state index in [1.807, 2.05) is 59.5 Å². The van der Waals surface area contributed by atoms with Gasteiger partial charge in [-0.3, -0.25) is 0 Å². The fraction of sp³-hybridized carbons (Fsp3) is 0.258. The van der Waals surface area contributed by atoms with Crippen LogP contribution in [-0.2, 0) is 10.3 Å². The normalized spacial score (nSPS) is 12.2. The van der Waals surface area contributed by atoms with Crippen LogP contribution >= 0.6 is 21.6 Å². The molecule has 1 unspecified atom stereocenters. The van der Waals surface area contributed by atoms with Gasteiger partial charge < -0.3 is 14.2 Å². The number of hydrogen-bond donors (Lipinski definition) is 0. The molecule has 192 valence electrons. The van der Waals surface area contributed by atoms with Crippen LogP contribution in [-0.4, -0.2) is 31.1 Å². The molecule has 0 bridgehead atoms. The Hall–Kier alpha value is -2.93. The summed E-state index contributed by atoms with van der Waals surface area (Å²) >= 11 is 0. The van der Waals surface area contributed by atoms with Gasteiger partial charge in [0.05, 0.1) is 14.2 Å². The second kappa shape index (κ2) is 13.6. The van der Waals surface area contributed by atoms with Crippen LogP contribution in [0, 0.1) is 0 Å². The van der Waals surface area contributed by atoms with Crippen LogP contribution in [0.4, 0.5) is 0 Å². The minimum atomic E-state index is -0.781. The summed E-state index contributed by atoms with van der Waals surface area (Å²) in [5.74, 6) is 1.63. The van der Waals surface area contributed by atoms with Crippen molar-refractivity contribution in [3.63, 3.8) is 0 Å². The number of nitrogens with zero attached hydrogens (tertiary/aromatic N) is 1. The molecule has 0 saturated carbocycles. The summed E-state index contributed by atoms with van der Waals surface area (Å²) in [6, 6.07) is 32.8. The van der Waals surface area contributed by atoms with E-state index in [0.29, 0.717) is 11.9 Å². The lowest BCUT2D eigenvalue weighted by molar-refractivity contribution is 0.0113. The van der Waals surface area contributed by atoms with E-state index in [2.05, 4.69) is 66.5 Å². The second-order valence-electron chi connectivity index (χ2n) is 8.52. The summed E-state index contributed by atoms with van der Waals surface area (Å²) in [6.45, 7) is 2.83. The molecule has 4 nitrogen and oxygen atoms in total. The number of hydrogen-bond acceptors (Lipinski definition) is 6. The number of methoxy groups -OCH3 is 2. The molecule has 3 aromatic carbocycles. The van der Waals surface area contributed by atoms with Gasteiger partial charge in [0.15, 0.2) is 0 Å². The van der Waals surface area contributed by atoms with Crippen molar-refractivity contribution in [1.29, 1.82) is 0 Å². The van der Waals surface area contributed by atoms with Crippen molar-refractivity contribution < 1.29 is 14.2 Å². The van der Waals surface area contributed by atoms with Crippen molar-refractivity contribution >= 4 is 21.6 Å². The van der Waals surface area contributed by atoms with Crippen LogP contribution in [0.5, 0.6) is 11.5 Å². The van der Waals surface area contributed by atoms with Crippen LogP contribution in [0.1, 0.15) is 36.5 Å². The number of rotatable bonds is 13. The maximum Gasteiger partial charge on any atom is 0.143 e. The van der Waals surface area contributed by atoms with Crippen molar-refractivity contribution in [2.45, 2.75) is 35.6 Å². The van der Waals surface area contributed by atoms with Gasteiger partial charge in [-0.25, -0.2) is 4.98 Å². The van der Waals surface area contributed by atoms with Gasteiger partial charge in [-0.05, 0) is 76.7 Å². The van der Waals surface area contributed by atoms with Gasteiger partial charge in [0.25, 0.3) is 0 Å². The predicted octanol–water partition coefficient (Wildman–Crippen LogP) is 8.02. The van der Waals surface area contributed by atoms with Gasteiger partial charge in [0.1, 0.15) is 22.1 Å². The Morgan fingerprint density at radius 3 is 1.81 bits per heavy atom. The van der Waals surface area contributed by atoms with E-state index >= 15 is 0 Å². The summed E-state index contributed by atoms with van der Waals surface area (Å²) in [5, 5.41) is 1.47. The fourth-order valence-electron chi connectivity index (χ4n) is 4.25. The molecule has 1 atom stereocenters. The molecule has 0 aliphatic rings. The van der Waals surface area contributed by atoms with Crippen molar-refractivity contribution in [3.8, 4) is 11.5 Å². The summed E-state index contributed by atoms with van der Waals surface area (Å²) in [7, 11) is 6.97. The van der Waals surface area contributed by atoms with Gasteiger partial charge >= 0.3 is 0 Å². The molecule has 0 saturated heterocycles. The van der Waals surface area contributed by atoms with Gasteiger partial charge in [-0.15, -0.1) is 0 Å². The highest BCUT2D eigenvalue weighted by atomic mass is 33.1. The molecule has 6 heteroatoms. The zero-order valence-corrected chi connectivity index (χ0v) is 23.1. The third-order valence-electron chi connectivity index (χ3n) is 6.29. The lowest BCUT2D eigenvalue weighted by atomic mass is 9.80. The summed E-state index contributed by atoms with van der Waals surface area (Å²) in [6.07, 6.45) is 3.81. The van der Waals surface area contributed by atoms with Gasteiger partial charge in [-0.1, -0.05) is 78.4 Å². The number of pyridine rings is 1. The molecule has 0 fully saturated rings. The van der Waals surface area contributed by atoms with E-state index in [1.165, 1.54) is 0 Å². The number of aromatic nitrogens is 1. The molecule has 1 heterocycles. The lowest BCUT2D eigenvalue weighted by Crippen LogP contribution is -2.33. The molecule has 0 amide bonds. The van der Waals surface area contributed by atoms with Crippen LogP contribution in [0.15, 0.2) is 108 Å². The average molecular weight is 532 g/mol. The maximum atomic E-state index is 7.00. The number of benzene rings is 3. The summed E-state index contributed by atoms with van der Waals surface area (Å²) in [5.41, 5.74) is 2.40. The van der Waals surface area contributed by atoms with Crippen LogP contribution in [0.3, 0.4) is 0 Å². The first-order chi connectivity index (χ1) is 18.2. The van der Waals surface area contributed by atoms with E-state index < -0.39 is 5.60 Å². The van der Waals surface area contributed by atoms with E-state index in [-0.39, 0.29) is 0 Å². The highest BCUT2D eigenvalue weighted by Gasteiger charge is 2.38. The largest absolute Gasteiger partial charge is 0.497 e. The second-order valence-corrected chi connectivity index (χ2v) is 11.0. The predicted molar refractivity (Wildman–Crippen MR) is 155 cm³/mol. The smallest absolute Gasteiger partial charge is 0.143 e. The first-order valence-electron chi connectivity index (χ1n) is 12.4. The highest BCUT2D eigenvalue weighted by Crippen LogP contribution is 2.42. The Bertz CT molecular complexity index is 1160. The lowest BCUT2D eigenvalue weighted by Gasteiger charge is -2.36. The van der Waals surface area contributed by atoms with Gasteiger partial charge in [-0.2, -0.15) is 0 Å². The Labute approximate surface area is 228 Å². The molecule has 0 spiro atoms. The minimum Gasteiger partial charge on any atom is -0.497 e. The van der Waals surface area contributed by atoms with Crippen molar-refractivity contribution in [3.05, 3.63) is 120 Å². The Morgan fingerprint density at radius 2 is 1.30 bits per heavy atom. The summed E-state index contributed by atoms with van der Waals surface area (Å²) < 4.78 is 17.9. The minimum absolute atomic E-state index is 0.437. The SMILES string of the molecule is CCC(CCOC(c1ccccc1)(c1ccc(OC)cc1)c1ccc(OC)cc1)SSc1ccccn1. The van der Waals surface area contributed by atoms with Crippen LogP contribution < -0.4 is 9.47 Å².